The largest absolute Gasteiger partial charge is 0.363 e. The van der Waals surface area contributed by atoms with E-state index in [2.05, 4.69) is 54.9 Å². The lowest BCUT2D eigenvalue weighted by molar-refractivity contribution is 0.568. The molecular weight excluding hydrogens is 511 g/mol. The van der Waals surface area contributed by atoms with Crippen LogP contribution < -0.4 is 20.3 Å². The second-order valence-electron chi connectivity index (χ2n) is 8.22. The third-order valence-electron chi connectivity index (χ3n) is 5.59. The van der Waals surface area contributed by atoms with Gasteiger partial charge in [0.05, 0.1) is 19.0 Å². The van der Waals surface area contributed by atoms with E-state index in [0.29, 0.717) is 28.5 Å². The van der Waals surface area contributed by atoms with Crippen LogP contribution in [-0.2, 0) is 29.4 Å². The maximum absolute atomic E-state index is 11.9. The van der Waals surface area contributed by atoms with Gasteiger partial charge in [-0.05, 0) is 49.6 Å². The van der Waals surface area contributed by atoms with E-state index in [-0.39, 0.29) is 24.8 Å². The second-order valence-corrected chi connectivity index (χ2v) is 10.6. The summed E-state index contributed by atoms with van der Waals surface area (Å²) in [6, 6.07) is 6.76. The fourth-order valence-electron chi connectivity index (χ4n) is 3.74. The van der Waals surface area contributed by atoms with E-state index in [1.54, 1.807) is 0 Å². The lowest BCUT2D eigenvalue weighted by Gasteiger charge is -2.18. The number of hydrogen-bond donors (Lipinski definition) is 3. The standard InChI is InChI=1S/C22H27ClN8O2S.ClH/c1-14-10-15-4-5-17(11-16(15)6-7-24-14)29-22-28-12-18(23)20(30-22)27-13-19-21(26-9-8-25-19)31(2)34(3,32)33;/h4-5,8-9,11-12,14,24H,6-7,10,13H2,1-3H3,(H2,27,28,29,30);1H. The van der Waals surface area contributed by atoms with E-state index in [9.17, 15) is 8.42 Å². The molecule has 1 unspecified atom stereocenters. The van der Waals surface area contributed by atoms with Crippen molar-refractivity contribution < 1.29 is 8.42 Å². The van der Waals surface area contributed by atoms with Gasteiger partial charge < -0.3 is 16.0 Å². The zero-order valence-electron chi connectivity index (χ0n) is 19.6. The highest BCUT2D eigenvalue weighted by molar-refractivity contribution is 7.92. The highest BCUT2D eigenvalue weighted by atomic mass is 35.5. The maximum atomic E-state index is 11.9. The fourth-order valence-corrected chi connectivity index (χ4v) is 4.37. The summed E-state index contributed by atoms with van der Waals surface area (Å²) in [7, 11) is -2.06. The van der Waals surface area contributed by atoms with Gasteiger partial charge in [-0.2, -0.15) is 4.98 Å². The summed E-state index contributed by atoms with van der Waals surface area (Å²) in [6.45, 7) is 3.31. The lowest BCUT2D eigenvalue weighted by Crippen LogP contribution is -2.27. The monoisotopic (exact) mass is 538 g/mol. The van der Waals surface area contributed by atoms with Crippen molar-refractivity contribution in [3.05, 3.63) is 58.6 Å². The summed E-state index contributed by atoms with van der Waals surface area (Å²) in [5.41, 5.74) is 3.99. The quantitative estimate of drug-likeness (QED) is 0.415. The number of aromatic nitrogens is 4. The van der Waals surface area contributed by atoms with E-state index in [0.717, 1.165) is 35.6 Å². The Balaban J connectivity index is 0.00000342. The molecule has 1 aliphatic heterocycles. The molecule has 0 fully saturated rings. The van der Waals surface area contributed by atoms with Crippen molar-refractivity contribution in [3.63, 3.8) is 0 Å². The highest BCUT2D eigenvalue weighted by Crippen LogP contribution is 2.25. The van der Waals surface area contributed by atoms with Gasteiger partial charge in [-0.25, -0.2) is 18.4 Å². The molecule has 2 aromatic heterocycles. The third kappa shape index (κ3) is 6.69. The molecule has 10 nitrogen and oxygen atoms in total. The first kappa shape index (κ1) is 26.9. The van der Waals surface area contributed by atoms with Crippen LogP contribution in [0.2, 0.25) is 5.02 Å². The van der Waals surface area contributed by atoms with Gasteiger partial charge in [-0.1, -0.05) is 17.7 Å². The molecule has 1 aliphatic rings. The molecule has 0 amide bonds. The molecule has 0 aliphatic carbocycles. The summed E-state index contributed by atoms with van der Waals surface area (Å²) in [4.78, 5) is 17.2. The van der Waals surface area contributed by atoms with E-state index in [1.807, 2.05) is 6.07 Å². The zero-order valence-corrected chi connectivity index (χ0v) is 22.0. The van der Waals surface area contributed by atoms with Crippen molar-refractivity contribution in [2.75, 3.05) is 34.8 Å². The first-order valence-corrected chi connectivity index (χ1v) is 13.1. The molecule has 4 rings (SSSR count). The zero-order chi connectivity index (χ0) is 24.3. The predicted molar refractivity (Wildman–Crippen MR) is 141 cm³/mol. The van der Waals surface area contributed by atoms with Crippen molar-refractivity contribution in [1.29, 1.82) is 0 Å². The molecule has 3 aromatic rings. The van der Waals surface area contributed by atoms with Crippen LogP contribution in [0.25, 0.3) is 0 Å². The SMILES string of the molecule is CC1Cc2ccc(Nc3ncc(Cl)c(NCc4nccnc4N(C)S(C)(=O)=O)n3)cc2CCN1.Cl. The van der Waals surface area contributed by atoms with Gasteiger partial charge in [-0.15, -0.1) is 12.4 Å². The van der Waals surface area contributed by atoms with E-state index < -0.39 is 10.0 Å². The normalized spacial score (nSPS) is 15.4. The molecule has 0 bridgehead atoms. The molecule has 13 heteroatoms. The number of nitrogens with one attached hydrogen (secondary N) is 3. The Hall–Kier alpha value is -2.73. The van der Waals surface area contributed by atoms with Gasteiger partial charge in [-0.3, -0.25) is 9.29 Å². The maximum Gasteiger partial charge on any atom is 0.233 e. The molecule has 1 aromatic carbocycles. The number of hydrogen-bond acceptors (Lipinski definition) is 9. The van der Waals surface area contributed by atoms with Crippen LogP contribution >= 0.6 is 24.0 Å². The third-order valence-corrected chi connectivity index (χ3v) is 7.04. The first-order chi connectivity index (χ1) is 16.2. The molecule has 1 atom stereocenters. The summed E-state index contributed by atoms with van der Waals surface area (Å²) in [5.74, 6) is 1.01. The summed E-state index contributed by atoms with van der Waals surface area (Å²) < 4.78 is 25.0. The van der Waals surface area contributed by atoms with Crippen LogP contribution in [0.3, 0.4) is 0 Å². The minimum Gasteiger partial charge on any atom is -0.363 e. The molecule has 188 valence electrons. The average molecular weight is 539 g/mol. The molecule has 0 spiro atoms. The minimum atomic E-state index is -3.49. The number of fused-ring (bicyclic) bond motifs is 1. The van der Waals surface area contributed by atoms with Gasteiger partial charge in [0.1, 0.15) is 10.7 Å². The molecule has 0 radical (unpaired) electrons. The van der Waals surface area contributed by atoms with Gasteiger partial charge >= 0.3 is 0 Å². The van der Waals surface area contributed by atoms with Gasteiger partial charge in [0.25, 0.3) is 0 Å². The van der Waals surface area contributed by atoms with Crippen LogP contribution in [0.15, 0.2) is 36.8 Å². The number of rotatable bonds is 7. The Labute approximate surface area is 216 Å². The van der Waals surface area contributed by atoms with Crippen LogP contribution in [0.5, 0.6) is 0 Å². The van der Waals surface area contributed by atoms with Crippen molar-refractivity contribution in [3.8, 4) is 0 Å². The van der Waals surface area contributed by atoms with Crippen molar-refractivity contribution in [2.45, 2.75) is 32.4 Å². The summed E-state index contributed by atoms with van der Waals surface area (Å²) in [6.07, 6.45) is 7.52. The van der Waals surface area contributed by atoms with E-state index in [4.69, 9.17) is 11.6 Å². The molecule has 3 heterocycles. The van der Waals surface area contributed by atoms with Gasteiger partial charge in [0, 0.05) is 31.2 Å². The van der Waals surface area contributed by atoms with Gasteiger partial charge in [0.15, 0.2) is 11.6 Å². The number of anilines is 4. The Morgan fingerprint density at radius 1 is 1.20 bits per heavy atom. The molecule has 0 saturated heterocycles. The Morgan fingerprint density at radius 3 is 2.74 bits per heavy atom. The van der Waals surface area contributed by atoms with E-state index in [1.165, 1.54) is 36.8 Å². The van der Waals surface area contributed by atoms with Crippen LogP contribution in [0.1, 0.15) is 23.7 Å². The number of sulfonamides is 1. The molecule has 0 saturated carbocycles. The first-order valence-electron chi connectivity index (χ1n) is 10.8. The van der Waals surface area contributed by atoms with Crippen LogP contribution in [-0.4, -0.2) is 54.2 Å². The summed E-state index contributed by atoms with van der Waals surface area (Å²) >= 11 is 6.30. The molecule has 35 heavy (non-hydrogen) atoms. The molecular formula is C22H28Cl2N8O2S. The van der Waals surface area contributed by atoms with Crippen molar-refractivity contribution >= 4 is 57.3 Å². The van der Waals surface area contributed by atoms with Gasteiger partial charge in [0.2, 0.25) is 16.0 Å². The smallest absolute Gasteiger partial charge is 0.233 e. The Morgan fingerprint density at radius 2 is 1.97 bits per heavy atom. The Kier molecular flexibility index (Phi) is 8.70. The fraction of sp³-hybridized carbons (Fsp3) is 0.364. The number of nitrogens with zero attached hydrogens (tertiary/aromatic N) is 5. The lowest BCUT2D eigenvalue weighted by atomic mass is 10.0. The second kappa shape index (κ2) is 11.3. The van der Waals surface area contributed by atoms with Crippen LogP contribution in [0.4, 0.5) is 23.3 Å². The molecule has 3 N–H and O–H groups in total. The Bertz CT molecular complexity index is 1290. The van der Waals surface area contributed by atoms with E-state index >= 15 is 0 Å². The van der Waals surface area contributed by atoms with Crippen molar-refractivity contribution in [1.82, 2.24) is 25.3 Å². The summed E-state index contributed by atoms with van der Waals surface area (Å²) in [5, 5.41) is 10.2. The highest BCUT2D eigenvalue weighted by Gasteiger charge is 2.18. The minimum absolute atomic E-state index is 0. The average Bonchev–Trinajstić information content (AvgIpc) is 2.98. The predicted octanol–water partition coefficient (Wildman–Crippen LogP) is 3.17. The van der Waals surface area contributed by atoms with Crippen molar-refractivity contribution in [2.24, 2.45) is 0 Å². The number of halogens is 2. The van der Waals surface area contributed by atoms with Crippen LogP contribution in [0, 0.1) is 0 Å². The topological polar surface area (TPSA) is 125 Å². The number of benzene rings is 1.